The van der Waals surface area contributed by atoms with Crippen molar-refractivity contribution in [3.63, 3.8) is 0 Å². The first-order chi connectivity index (χ1) is 10.8. The zero-order valence-corrected chi connectivity index (χ0v) is 14.1. The van der Waals surface area contributed by atoms with Gasteiger partial charge in [-0.25, -0.2) is 0 Å². The molecule has 5 aliphatic carbocycles. The maximum absolute atomic E-state index is 7.15. The third-order valence-electron chi connectivity index (χ3n) is 7.85. The van der Waals surface area contributed by atoms with Crippen molar-refractivity contribution in [3.05, 3.63) is 21.9 Å². The van der Waals surface area contributed by atoms with Gasteiger partial charge in [-0.3, -0.25) is 0 Å². The molecule has 2 atom stereocenters. The van der Waals surface area contributed by atoms with E-state index in [0.717, 1.165) is 29.6 Å². The van der Waals surface area contributed by atoms with Crippen LogP contribution in [0.2, 0.25) is 0 Å². The van der Waals surface area contributed by atoms with Crippen molar-refractivity contribution in [2.24, 2.45) is 23.7 Å². The lowest BCUT2D eigenvalue weighted by molar-refractivity contribution is -0.248. The zero-order chi connectivity index (χ0) is 14.3. The fourth-order valence-electron chi connectivity index (χ4n) is 7.30. The summed E-state index contributed by atoms with van der Waals surface area (Å²) in [6.07, 6.45) is 13.4. The monoisotopic (exact) mass is 314 g/mol. The van der Waals surface area contributed by atoms with E-state index in [2.05, 4.69) is 11.4 Å². The van der Waals surface area contributed by atoms with Gasteiger partial charge in [0.1, 0.15) is 5.60 Å². The Balaban J connectivity index is 1.52. The highest BCUT2D eigenvalue weighted by molar-refractivity contribution is 7.10. The van der Waals surface area contributed by atoms with Gasteiger partial charge in [-0.1, -0.05) is 12.8 Å². The molecule has 1 nitrogen and oxygen atoms in total. The fourth-order valence-corrected chi connectivity index (χ4v) is 8.45. The van der Waals surface area contributed by atoms with Gasteiger partial charge in [-0.05, 0) is 85.6 Å². The summed E-state index contributed by atoms with van der Waals surface area (Å²) in [5, 5.41) is 2.37. The molecule has 1 aliphatic heterocycles. The van der Waals surface area contributed by atoms with E-state index in [1.807, 2.05) is 11.3 Å². The molecule has 0 N–H and O–H groups in total. The van der Waals surface area contributed by atoms with Crippen molar-refractivity contribution in [2.45, 2.75) is 75.4 Å². The molecule has 7 rings (SSSR count). The molecule has 0 aromatic carbocycles. The van der Waals surface area contributed by atoms with Gasteiger partial charge in [0.25, 0.3) is 0 Å². The van der Waals surface area contributed by atoms with Crippen molar-refractivity contribution in [2.75, 3.05) is 0 Å². The predicted molar refractivity (Wildman–Crippen MR) is 89.1 cm³/mol. The Kier molecular flexibility index (Phi) is 2.59. The molecular weight excluding hydrogens is 288 g/mol. The van der Waals surface area contributed by atoms with Crippen LogP contribution in [0.15, 0.2) is 11.4 Å². The first-order valence-corrected chi connectivity index (χ1v) is 10.5. The Hall–Kier alpha value is -0.340. The third-order valence-corrected chi connectivity index (χ3v) is 8.90. The molecule has 4 bridgehead atoms. The minimum atomic E-state index is 0.140. The van der Waals surface area contributed by atoms with Crippen molar-refractivity contribution >= 4 is 11.3 Å². The molecule has 0 radical (unpaired) electrons. The second-order valence-electron chi connectivity index (χ2n) is 8.84. The number of rotatable bonds is 0. The van der Waals surface area contributed by atoms with Crippen molar-refractivity contribution < 1.29 is 4.74 Å². The summed E-state index contributed by atoms with van der Waals surface area (Å²) in [6.45, 7) is 0. The van der Waals surface area contributed by atoms with E-state index in [0.29, 0.717) is 6.10 Å². The lowest BCUT2D eigenvalue weighted by Gasteiger charge is -2.63. The van der Waals surface area contributed by atoms with Crippen LogP contribution in [0.25, 0.3) is 0 Å². The normalized spacial score (nSPS) is 51.8. The second-order valence-corrected chi connectivity index (χ2v) is 9.79. The Morgan fingerprint density at radius 1 is 0.955 bits per heavy atom. The van der Waals surface area contributed by atoms with Crippen LogP contribution < -0.4 is 0 Å². The number of hydrogen-bond acceptors (Lipinski definition) is 2. The van der Waals surface area contributed by atoms with Crippen molar-refractivity contribution in [1.82, 2.24) is 0 Å². The van der Waals surface area contributed by atoms with Crippen LogP contribution in [0.3, 0.4) is 0 Å². The molecule has 0 saturated heterocycles. The van der Waals surface area contributed by atoms with Crippen molar-refractivity contribution in [1.29, 1.82) is 0 Å². The van der Waals surface area contributed by atoms with Gasteiger partial charge in [0.05, 0.1) is 6.10 Å². The minimum absolute atomic E-state index is 0.140. The van der Waals surface area contributed by atoms with Gasteiger partial charge in [0.15, 0.2) is 0 Å². The van der Waals surface area contributed by atoms with Gasteiger partial charge in [-0.2, -0.15) is 0 Å². The van der Waals surface area contributed by atoms with E-state index in [4.69, 9.17) is 4.74 Å². The fraction of sp³-hybridized carbons (Fsp3) is 0.800. The third kappa shape index (κ3) is 1.50. The first kappa shape index (κ1) is 13.0. The van der Waals surface area contributed by atoms with Gasteiger partial charge < -0.3 is 4.74 Å². The minimum Gasteiger partial charge on any atom is -0.366 e. The molecule has 1 spiro atoms. The van der Waals surface area contributed by atoms with Crippen LogP contribution in [0, 0.1) is 23.7 Å². The molecule has 2 heterocycles. The van der Waals surface area contributed by atoms with Crippen LogP contribution in [0.5, 0.6) is 0 Å². The summed E-state index contributed by atoms with van der Waals surface area (Å²) in [4.78, 5) is 1.74. The molecular formula is C20H26OS. The summed E-state index contributed by atoms with van der Waals surface area (Å²) >= 11 is 2.05. The van der Waals surface area contributed by atoms with E-state index in [1.165, 1.54) is 57.8 Å². The van der Waals surface area contributed by atoms with Crippen LogP contribution in [-0.4, -0.2) is 6.10 Å². The number of ether oxygens (including phenoxy) is 1. The van der Waals surface area contributed by atoms with Gasteiger partial charge >= 0.3 is 0 Å². The molecule has 0 unspecified atom stereocenters. The summed E-state index contributed by atoms with van der Waals surface area (Å²) < 4.78 is 7.15. The smallest absolute Gasteiger partial charge is 0.100 e. The Morgan fingerprint density at radius 2 is 1.68 bits per heavy atom. The molecule has 1 aromatic heterocycles. The van der Waals surface area contributed by atoms with E-state index < -0.39 is 0 Å². The summed E-state index contributed by atoms with van der Waals surface area (Å²) in [5.41, 5.74) is 1.80. The second kappa shape index (κ2) is 4.39. The van der Waals surface area contributed by atoms with E-state index in [9.17, 15) is 0 Å². The summed E-state index contributed by atoms with van der Waals surface area (Å²) in [5.74, 6) is 4.46. The number of hydrogen-bond donors (Lipinski definition) is 0. The number of thiophene rings is 1. The average Bonchev–Trinajstić information content (AvgIpc) is 3.02. The SMILES string of the molecule is c1cc2c(s1)[C@H]1CCCC[C@H]1OC21C2CC3CC(C2)CC1C3. The highest BCUT2D eigenvalue weighted by Gasteiger charge is 2.62. The highest BCUT2D eigenvalue weighted by Crippen LogP contribution is 2.67. The first-order valence-electron chi connectivity index (χ1n) is 9.60. The molecule has 2 heteroatoms. The van der Waals surface area contributed by atoms with Crippen LogP contribution in [0.4, 0.5) is 0 Å². The van der Waals surface area contributed by atoms with Crippen LogP contribution in [-0.2, 0) is 10.3 Å². The Bertz CT molecular complexity index is 575. The number of fused-ring (bicyclic) bond motifs is 3. The molecule has 5 saturated carbocycles. The molecule has 22 heavy (non-hydrogen) atoms. The highest BCUT2D eigenvalue weighted by atomic mass is 32.1. The topological polar surface area (TPSA) is 9.23 Å². The standard InChI is InChI=1S/C20H26OS/c1-2-4-18-16(3-1)19-17(5-6-22-19)20(21-18)14-8-12-7-13(10-14)11-15(20)9-12/h5-6,12-16,18H,1-4,7-11H2/t12?,13?,14?,15?,16-,18+,20?/m0/s1. The van der Waals surface area contributed by atoms with Crippen molar-refractivity contribution in [3.8, 4) is 0 Å². The summed E-state index contributed by atoms with van der Waals surface area (Å²) in [6, 6.07) is 2.47. The maximum atomic E-state index is 7.15. The van der Waals surface area contributed by atoms with E-state index in [1.54, 1.807) is 10.4 Å². The zero-order valence-electron chi connectivity index (χ0n) is 13.3. The summed E-state index contributed by atoms with van der Waals surface area (Å²) in [7, 11) is 0. The lowest BCUT2D eigenvalue weighted by atomic mass is 9.47. The predicted octanol–water partition coefficient (Wildman–Crippen LogP) is 5.46. The van der Waals surface area contributed by atoms with Gasteiger partial charge in [0.2, 0.25) is 0 Å². The average molecular weight is 314 g/mol. The van der Waals surface area contributed by atoms with Crippen LogP contribution in [0.1, 0.15) is 74.1 Å². The van der Waals surface area contributed by atoms with E-state index >= 15 is 0 Å². The van der Waals surface area contributed by atoms with E-state index in [-0.39, 0.29) is 5.60 Å². The Labute approximate surface area is 137 Å². The van der Waals surface area contributed by atoms with Gasteiger partial charge in [-0.15, -0.1) is 11.3 Å². The van der Waals surface area contributed by atoms with Crippen LogP contribution >= 0.6 is 11.3 Å². The van der Waals surface area contributed by atoms with Gasteiger partial charge in [0, 0.05) is 10.8 Å². The molecule has 118 valence electrons. The molecule has 1 aromatic rings. The maximum Gasteiger partial charge on any atom is 0.100 e. The Morgan fingerprint density at radius 3 is 2.45 bits per heavy atom. The molecule has 5 fully saturated rings. The molecule has 0 amide bonds. The quantitative estimate of drug-likeness (QED) is 0.618. The largest absolute Gasteiger partial charge is 0.366 e. The lowest BCUT2D eigenvalue weighted by Crippen LogP contribution is -2.60. The molecule has 6 aliphatic rings.